The maximum absolute atomic E-state index is 12.8. The van der Waals surface area contributed by atoms with Crippen molar-refractivity contribution in [3.8, 4) is 0 Å². The van der Waals surface area contributed by atoms with Gasteiger partial charge in [-0.1, -0.05) is 6.07 Å². The second-order valence-electron chi connectivity index (χ2n) is 6.28. The Morgan fingerprint density at radius 3 is 3.04 bits per heavy atom. The number of carbonyl (C=O) groups is 2. The molecule has 1 fully saturated rings. The highest BCUT2D eigenvalue weighted by atomic mass is 32.2. The third-order valence-electron chi connectivity index (χ3n) is 4.56. The van der Waals surface area contributed by atoms with E-state index in [4.69, 9.17) is 4.74 Å². The van der Waals surface area contributed by atoms with Crippen molar-refractivity contribution in [1.29, 1.82) is 0 Å². The first-order valence-corrected chi connectivity index (χ1v) is 9.49. The molecule has 2 heterocycles. The van der Waals surface area contributed by atoms with Crippen molar-refractivity contribution in [3.63, 3.8) is 0 Å². The standard InChI is InChI=1S/C18H24N2O3S/c1-3-23-11-14-5-4-8-19(14)17(21)10-20-15-7-6-13(2)9-16(15)24-12-18(20)22/h6-7,9,14H,3-5,8,10-12H2,1-2H3/t14-/m0/s1. The third-order valence-corrected chi connectivity index (χ3v) is 5.59. The van der Waals surface area contributed by atoms with Gasteiger partial charge in [-0.05, 0) is 44.4 Å². The lowest BCUT2D eigenvalue weighted by atomic mass is 10.2. The van der Waals surface area contributed by atoms with Crippen LogP contribution in [0.3, 0.4) is 0 Å². The number of likely N-dealkylation sites (tertiary alicyclic amines) is 1. The Balaban J connectivity index is 1.73. The summed E-state index contributed by atoms with van der Waals surface area (Å²) in [5.41, 5.74) is 2.02. The summed E-state index contributed by atoms with van der Waals surface area (Å²) in [6, 6.07) is 6.16. The molecule has 0 aliphatic carbocycles. The molecule has 0 bridgehead atoms. The Morgan fingerprint density at radius 1 is 1.42 bits per heavy atom. The minimum atomic E-state index is 0.00487. The van der Waals surface area contributed by atoms with Crippen LogP contribution >= 0.6 is 11.8 Å². The summed E-state index contributed by atoms with van der Waals surface area (Å²) in [5.74, 6) is 0.417. The molecule has 130 valence electrons. The number of aryl methyl sites for hydroxylation is 1. The van der Waals surface area contributed by atoms with E-state index in [2.05, 4.69) is 6.07 Å². The van der Waals surface area contributed by atoms with Gasteiger partial charge in [0.1, 0.15) is 6.54 Å². The molecule has 1 saturated heterocycles. The predicted molar refractivity (Wildman–Crippen MR) is 95.5 cm³/mol. The number of amides is 2. The first kappa shape index (κ1) is 17.3. The van der Waals surface area contributed by atoms with Crippen LogP contribution in [0.15, 0.2) is 23.1 Å². The zero-order valence-corrected chi connectivity index (χ0v) is 15.1. The molecule has 0 saturated carbocycles. The lowest BCUT2D eigenvalue weighted by Crippen LogP contribution is -2.47. The molecular weight excluding hydrogens is 324 g/mol. The molecule has 2 amide bonds. The Bertz CT molecular complexity index is 635. The maximum Gasteiger partial charge on any atom is 0.242 e. The SMILES string of the molecule is CCOC[C@@H]1CCCN1C(=O)CN1C(=O)CSc2cc(C)ccc21. The van der Waals surface area contributed by atoms with Crippen LogP contribution in [0, 0.1) is 6.92 Å². The number of rotatable bonds is 5. The summed E-state index contributed by atoms with van der Waals surface area (Å²) in [4.78, 5) is 29.7. The summed E-state index contributed by atoms with van der Waals surface area (Å²) in [7, 11) is 0. The Hall–Kier alpha value is -1.53. The number of thioether (sulfide) groups is 1. The number of benzene rings is 1. The molecule has 0 radical (unpaired) electrons. The molecule has 3 rings (SSSR count). The minimum Gasteiger partial charge on any atom is -0.380 e. The molecule has 1 atom stereocenters. The molecule has 5 nitrogen and oxygen atoms in total. The Morgan fingerprint density at radius 2 is 2.25 bits per heavy atom. The average Bonchev–Trinajstić information content (AvgIpc) is 3.04. The van der Waals surface area contributed by atoms with Crippen LogP contribution in [0.2, 0.25) is 0 Å². The molecule has 1 aromatic rings. The van der Waals surface area contributed by atoms with Gasteiger partial charge in [0.05, 0.1) is 24.1 Å². The molecular formula is C18H24N2O3S. The van der Waals surface area contributed by atoms with Crippen molar-refractivity contribution in [2.45, 2.75) is 37.6 Å². The van der Waals surface area contributed by atoms with Crippen LogP contribution in [0.5, 0.6) is 0 Å². The van der Waals surface area contributed by atoms with Gasteiger partial charge in [-0.15, -0.1) is 11.8 Å². The van der Waals surface area contributed by atoms with E-state index in [9.17, 15) is 9.59 Å². The van der Waals surface area contributed by atoms with E-state index in [1.54, 1.807) is 16.7 Å². The molecule has 24 heavy (non-hydrogen) atoms. The lowest BCUT2D eigenvalue weighted by Gasteiger charge is -2.32. The highest BCUT2D eigenvalue weighted by Crippen LogP contribution is 2.36. The van der Waals surface area contributed by atoms with Gasteiger partial charge < -0.3 is 14.5 Å². The van der Waals surface area contributed by atoms with Crippen LogP contribution in [0.1, 0.15) is 25.3 Å². The van der Waals surface area contributed by atoms with Crippen molar-refractivity contribution < 1.29 is 14.3 Å². The van der Waals surface area contributed by atoms with Crippen LogP contribution < -0.4 is 4.90 Å². The van der Waals surface area contributed by atoms with E-state index >= 15 is 0 Å². The zero-order chi connectivity index (χ0) is 17.1. The largest absolute Gasteiger partial charge is 0.380 e. The van der Waals surface area contributed by atoms with Crippen LogP contribution in [-0.4, -0.2) is 54.8 Å². The highest BCUT2D eigenvalue weighted by molar-refractivity contribution is 8.00. The number of anilines is 1. The van der Waals surface area contributed by atoms with E-state index in [1.807, 2.05) is 30.9 Å². The average molecular weight is 348 g/mol. The van der Waals surface area contributed by atoms with Gasteiger partial charge in [0, 0.05) is 18.0 Å². The monoisotopic (exact) mass is 348 g/mol. The zero-order valence-electron chi connectivity index (χ0n) is 14.3. The Kier molecular flexibility index (Phi) is 5.46. The quantitative estimate of drug-likeness (QED) is 0.820. The molecule has 0 unspecified atom stereocenters. The molecule has 2 aliphatic heterocycles. The van der Waals surface area contributed by atoms with Crippen molar-refractivity contribution in [2.75, 3.05) is 37.0 Å². The van der Waals surface area contributed by atoms with E-state index in [0.717, 1.165) is 35.5 Å². The van der Waals surface area contributed by atoms with Gasteiger partial charge in [-0.25, -0.2) is 0 Å². The van der Waals surface area contributed by atoms with Gasteiger partial charge >= 0.3 is 0 Å². The number of hydrogen-bond acceptors (Lipinski definition) is 4. The van der Waals surface area contributed by atoms with Crippen molar-refractivity contribution in [1.82, 2.24) is 4.90 Å². The third kappa shape index (κ3) is 3.59. The Labute approximate surface area is 147 Å². The van der Waals surface area contributed by atoms with Gasteiger partial charge in [-0.3, -0.25) is 9.59 Å². The number of ether oxygens (including phenoxy) is 1. The van der Waals surface area contributed by atoms with Gasteiger partial charge in [0.25, 0.3) is 0 Å². The van der Waals surface area contributed by atoms with E-state index in [1.165, 1.54) is 0 Å². The first-order chi connectivity index (χ1) is 11.6. The number of hydrogen-bond donors (Lipinski definition) is 0. The fraction of sp³-hybridized carbons (Fsp3) is 0.556. The second kappa shape index (κ2) is 7.57. The molecule has 6 heteroatoms. The highest BCUT2D eigenvalue weighted by Gasteiger charge is 2.32. The van der Waals surface area contributed by atoms with Crippen molar-refractivity contribution >= 4 is 29.3 Å². The smallest absolute Gasteiger partial charge is 0.242 e. The van der Waals surface area contributed by atoms with E-state index < -0.39 is 0 Å². The number of carbonyl (C=O) groups excluding carboxylic acids is 2. The number of nitrogens with zero attached hydrogens (tertiary/aromatic N) is 2. The fourth-order valence-electron chi connectivity index (χ4n) is 3.30. The summed E-state index contributed by atoms with van der Waals surface area (Å²) >= 11 is 1.55. The minimum absolute atomic E-state index is 0.00487. The van der Waals surface area contributed by atoms with Crippen molar-refractivity contribution in [2.24, 2.45) is 0 Å². The molecule has 0 aromatic heterocycles. The van der Waals surface area contributed by atoms with Gasteiger partial charge in [-0.2, -0.15) is 0 Å². The first-order valence-electron chi connectivity index (χ1n) is 8.51. The summed E-state index contributed by atoms with van der Waals surface area (Å²) in [6.45, 7) is 6.13. The molecule has 1 aromatic carbocycles. The summed E-state index contributed by atoms with van der Waals surface area (Å²) in [5, 5.41) is 0. The van der Waals surface area contributed by atoms with Crippen LogP contribution in [-0.2, 0) is 14.3 Å². The molecule has 2 aliphatic rings. The second-order valence-corrected chi connectivity index (χ2v) is 7.30. The van der Waals surface area contributed by atoms with Gasteiger partial charge in [0.15, 0.2) is 0 Å². The van der Waals surface area contributed by atoms with E-state index in [0.29, 0.717) is 19.0 Å². The molecule has 0 spiro atoms. The van der Waals surface area contributed by atoms with Crippen LogP contribution in [0.4, 0.5) is 5.69 Å². The summed E-state index contributed by atoms with van der Waals surface area (Å²) < 4.78 is 5.50. The van der Waals surface area contributed by atoms with E-state index in [-0.39, 0.29) is 24.4 Å². The number of fused-ring (bicyclic) bond motifs is 1. The topological polar surface area (TPSA) is 49.9 Å². The predicted octanol–water partition coefficient (Wildman–Crippen LogP) is 2.46. The summed E-state index contributed by atoms with van der Waals surface area (Å²) in [6.07, 6.45) is 1.98. The fourth-order valence-corrected chi connectivity index (χ4v) is 4.33. The van der Waals surface area contributed by atoms with Gasteiger partial charge in [0.2, 0.25) is 11.8 Å². The van der Waals surface area contributed by atoms with Crippen LogP contribution in [0.25, 0.3) is 0 Å². The normalized spacial score (nSPS) is 20.4. The molecule has 0 N–H and O–H groups in total. The maximum atomic E-state index is 12.8. The lowest BCUT2D eigenvalue weighted by molar-refractivity contribution is -0.132. The van der Waals surface area contributed by atoms with Crippen molar-refractivity contribution in [3.05, 3.63) is 23.8 Å².